The third-order valence-corrected chi connectivity index (χ3v) is 4.99. The molecule has 0 aliphatic carbocycles. The summed E-state index contributed by atoms with van der Waals surface area (Å²) in [7, 11) is 1.85. The smallest absolute Gasteiger partial charge is 0.242 e. The van der Waals surface area contributed by atoms with Crippen LogP contribution in [0.15, 0.2) is 48.5 Å². The SMILES string of the molecule is CCCCN(C)C(=O)Cn1c(C(C)Oc2ccc(Cl)cc2)nc2ccccc21. The van der Waals surface area contributed by atoms with E-state index in [1.165, 1.54) is 0 Å². The van der Waals surface area contributed by atoms with Gasteiger partial charge in [0.25, 0.3) is 0 Å². The van der Waals surface area contributed by atoms with Crippen LogP contribution in [0.3, 0.4) is 0 Å². The molecule has 148 valence electrons. The van der Waals surface area contributed by atoms with Crippen LogP contribution >= 0.6 is 11.6 Å². The number of para-hydroxylation sites is 2. The first-order chi connectivity index (χ1) is 13.5. The maximum atomic E-state index is 12.8. The minimum absolute atomic E-state index is 0.0662. The first-order valence-corrected chi connectivity index (χ1v) is 9.98. The number of nitrogens with zero attached hydrogens (tertiary/aromatic N) is 3. The molecule has 3 aromatic rings. The molecule has 2 aromatic carbocycles. The number of hydrogen-bond acceptors (Lipinski definition) is 3. The molecular weight excluding hydrogens is 374 g/mol. The number of imidazole rings is 1. The van der Waals surface area contributed by atoms with Crippen molar-refractivity contribution < 1.29 is 9.53 Å². The van der Waals surface area contributed by atoms with Crippen LogP contribution in [0.1, 0.15) is 38.6 Å². The van der Waals surface area contributed by atoms with E-state index in [0.29, 0.717) is 10.8 Å². The van der Waals surface area contributed by atoms with Crippen LogP contribution < -0.4 is 4.74 Å². The van der Waals surface area contributed by atoms with Crippen molar-refractivity contribution in [3.8, 4) is 5.75 Å². The van der Waals surface area contributed by atoms with Crippen molar-refractivity contribution in [2.75, 3.05) is 13.6 Å². The van der Waals surface area contributed by atoms with Crippen molar-refractivity contribution in [1.29, 1.82) is 0 Å². The Hall–Kier alpha value is -2.53. The molecule has 0 fully saturated rings. The lowest BCUT2D eigenvalue weighted by Crippen LogP contribution is -2.31. The van der Waals surface area contributed by atoms with Gasteiger partial charge in [-0.1, -0.05) is 37.1 Å². The summed E-state index contributed by atoms with van der Waals surface area (Å²) in [6.07, 6.45) is 1.74. The van der Waals surface area contributed by atoms with Crippen LogP contribution in [0, 0.1) is 0 Å². The minimum Gasteiger partial charge on any atom is -0.483 e. The molecular formula is C22H26ClN3O2. The highest BCUT2D eigenvalue weighted by Crippen LogP contribution is 2.26. The topological polar surface area (TPSA) is 47.4 Å². The zero-order valence-corrected chi connectivity index (χ0v) is 17.3. The summed E-state index contributed by atoms with van der Waals surface area (Å²) in [5.41, 5.74) is 1.79. The number of likely N-dealkylation sites (N-methyl/N-ethyl adjacent to an activating group) is 1. The van der Waals surface area contributed by atoms with E-state index in [1.54, 1.807) is 17.0 Å². The van der Waals surface area contributed by atoms with E-state index in [0.717, 1.165) is 36.2 Å². The normalized spacial score (nSPS) is 12.1. The fraction of sp³-hybridized carbons (Fsp3) is 0.364. The van der Waals surface area contributed by atoms with Gasteiger partial charge in [-0.15, -0.1) is 0 Å². The highest BCUT2D eigenvalue weighted by molar-refractivity contribution is 6.30. The maximum absolute atomic E-state index is 12.8. The van der Waals surface area contributed by atoms with Gasteiger partial charge in [0, 0.05) is 18.6 Å². The van der Waals surface area contributed by atoms with Gasteiger partial charge in [-0.2, -0.15) is 0 Å². The Morgan fingerprint density at radius 3 is 2.64 bits per heavy atom. The second kappa shape index (κ2) is 9.11. The molecule has 3 rings (SSSR count). The fourth-order valence-electron chi connectivity index (χ4n) is 3.12. The van der Waals surface area contributed by atoms with Gasteiger partial charge in [-0.3, -0.25) is 4.79 Å². The van der Waals surface area contributed by atoms with Gasteiger partial charge in [0.05, 0.1) is 11.0 Å². The van der Waals surface area contributed by atoms with Gasteiger partial charge in [-0.25, -0.2) is 4.98 Å². The molecule has 0 bridgehead atoms. The minimum atomic E-state index is -0.317. The molecule has 1 unspecified atom stereocenters. The van der Waals surface area contributed by atoms with E-state index in [1.807, 2.05) is 54.9 Å². The van der Waals surface area contributed by atoms with Crippen molar-refractivity contribution in [2.45, 2.75) is 39.3 Å². The van der Waals surface area contributed by atoms with Gasteiger partial charge in [-0.05, 0) is 49.7 Å². The lowest BCUT2D eigenvalue weighted by Gasteiger charge is -2.20. The molecule has 1 atom stereocenters. The number of rotatable bonds is 8. The van der Waals surface area contributed by atoms with Gasteiger partial charge in [0.15, 0.2) is 11.9 Å². The molecule has 0 saturated heterocycles. The summed E-state index contributed by atoms with van der Waals surface area (Å²) in [6, 6.07) is 15.1. The predicted molar refractivity (Wildman–Crippen MR) is 113 cm³/mol. The van der Waals surface area contributed by atoms with Crippen molar-refractivity contribution in [1.82, 2.24) is 14.5 Å². The Kier molecular flexibility index (Phi) is 6.57. The Bertz CT molecular complexity index is 937. The Labute approximate surface area is 170 Å². The molecule has 0 N–H and O–H groups in total. The molecule has 28 heavy (non-hydrogen) atoms. The van der Waals surface area contributed by atoms with E-state index >= 15 is 0 Å². The highest BCUT2D eigenvalue weighted by atomic mass is 35.5. The summed E-state index contributed by atoms with van der Waals surface area (Å²) < 4.78 is 8.02. The Balaban J connectivity index is 1.87. The quantitative estimate of drug-likeness (QED) is 0.530. The second-order valence-electron chi connectivity index (χ2n) is 6.93. The molecule has 0 aliphatic rings. The van der Waals surface area contributed by atoms with Crippen molar-refractivity contribution in [3.05, 3.63) is 59.4 Å². The molecule has 5 nitrogen and oxygen atoms in total. The lowest BCUT2D eigenvalue weighted by molar-refractivity contribution is -0.130. The zero-order valence-electron chi connectivity index (χ0n) is 16.6. The van der Waals surface area contributed by atoms with Crippen LogP contribution in [0.4, 0.5) is 0 Å². The molecule has 6 heteroatoms. The molecule has 0 saturated carbocycles. The summed E-state index contributed by atoms with van der Waals surface area (Å²) in [6.45, 7) is 5.06. The Morgan fingerprint density at radius 2 is 1.93 bits per heavy atom. The van der Waals surface area contributed by atoms with Gasteiger partial charge < -0.3 is 14.2 Å². The van der Waals surface area contributed by atoms with E-state index in [9.17, 15) is 4.79 Å². The summed E-state index contributed by atoms with van der Waals surface area (Å²) in [5, 5.41) is 0.660. The maximum Gasteiger partial charge on any atom is 0.242 e. The standard InChI is InChI=1S/C22H26ClN3O2/c1-4-5-14-25(3)21(27)15-26-20-9-7-6-8-19(20)24-22(26)16(2)28-18-12-10-17(23)11-13-18/h6-13,16H,4-5,14-15H2,1-3H3. The van der Waals surface area contributed by atoms with E-state index in [2.05, 4.69) is 6.92 Å². The van der Waals surface area contributed by atoms with Gasteiger partial charge >= 0.3 is 0 Å². The molecule has 0 aliphatic heterocycles. The average molecular weight is 400 g/mol. The van der Waals surface area contributed by atoms with Crippen LogP contribution in [-0.2, 0) is 11.3 Å². The van der Waals surface area contributed by atoms with E-state index in [4.69, 9.17) is 21.3 Å². The molecule has 0 spiro atoms. The number of halogens is 1. The number of unbranched alkanes of at least 4 members (excludes halogenated alkanes) is 1. The average Bonchev–Trinajstić information content (AvgIpc) is 3.06. The van der Waals surface area contributed by atoms with Crippen molar-refractivity contribution in [3.63, 3.8) is 0 Å². The largest absolute Gasteiger partial charge is 0.483 e. The first-order valence-electron chi connectivity index (χ1n) is 9.61. The number of ether oxygens (including phenoxy) is 1. The predicted octanol–water partition coefficient (Wildman–Crippen LogP) is 5.09. The third-order valence-electron chi connectivity index (χ3n) is 4.74. The fourth-order valence-corrected chi connectivity index (χ4v) is 3.24. The van der Waals surface area contributed by atoms with Crippen LogP contribution in [-0.4, -0.2) is 34.0 Å². The van der Waals surface area contributed by atoms with Crippen LogP contribution in [0.2, 0.25) is 5.02 Å². The van der Waals surface area contributed by atoms with Crippen LogP contribution in [0.25, 0.3) is 11.0 Å². The monoisotopic (exact) mass is 399 g/mol. The summed E-state index contributed by atoms with van der Waals surface area (Å²) in [4.78, 5) is 19.3. The van der Waals surface area contributed by atoms with Gasteiger partial charge in [0.1, 0.15) is 12.3 Å². The lowest BCUT2D eigenvalue weighted by atomic mass is 10.3. The van der Waals surface area contributed by atoms with E-state index in [-0.39, 0.29) is 18.6 Å². The van der Waals surface area contributed by atoms with Crippen molar-refractivity contribution in [2.24, 2.45) is 0 Å². The first kappa shape index (κ1) is 20.2. The number of fused-ring (bicyclic) bond motifs is 1. The molecule has 1 aromatic heterocycles. The van der Waals surface area contributed by atoms with Crippen molar-refractivity contribution >= 4 is 28.5 Å². The number of amides is 1. The highest BCUT2D eigenvalue weighted by Gasteiger charge is 2.21. The van der Waals surface area contributed by atoms with E-state index < -0.39 is 0 Å². The molecule has 0 radical (unpaired) electrons. The summed E-state index contributed by atoms with van der Waals surface area (Å²) >= 11 is 5.95. The molecule has 1 amide bonds. The number of benzene rings is 2. The number of aromatic nitrogens is 2. The number of carbonyl (C=O) groups excluding carboxylic acids is 1. The summed E-state index contributed by atoms with van der Waals surface area (Å²) in [5.74, 6) is 1.51. The number of hydrogen-bond donors (Lipinski definition) is 0. The third kappa shape index (κ3) is 4.65. The second-order valence-corrected chi connectivity index (χ2v) is 7.36. The number of carbonyl (C=O) groups is 1. The zero-order chi connectivity index (χ0) is 20.1. The van der Waals surface area contributed by atoms with Gasteiger partial charge in [0.2, 0.25) is 5.91 Å². The molecule has 1 heterocycles. The Morgan fingerprint density at radius 1 is 1.21 bits per heavy atom. The van der Waals surface area contributed by atoms with Crippen LogP contribution in [0.5, 0.6) is 5.75 Å².